The highest BCUT2D eigenvalue weighted by molar-refractivity contribution is 5.94. The van der Waals surface area contributed by atoms with Crippen LogP contribution in [0.25, 0.3) is 11.1 Å². The molecular weight excluding hydrogens is 528 g/mol. The van der Waals surface area contributed by atoms with Crippen LogP contribution in [0.1, 0.15) is 35.4 Å². The molecule has 2 aliphatic rings. The lowest BCUT2D eigenvalue weighted by Crippen LogP contribution is -2.60. The number of fused-ring (bicyclic) bond motifs is 3. The topological polar surface area (TPSA) is 140 Å². The summed E-state index contributed by atoms with van der Waals surface area (Å²) in [5.74, 6) is -3.08. The smallest absolute Gasteiger partial charge is 0.407 e. The molecule has 41 heavy (non-hydrogen) atoms. The molecule has 0 radical (unpaired) electrons. The third-order valence-electron chi connectivity index (χ3n) is 7.36. The second kappa shape index (κ2) is 12.2. The number of rotatable bonds is 10. The Morgan fingerprint density at radius 1 is 0.902 bits per heavy atom. The van der Waals surface area contributed by atoms with E-state index in [4.69, 9.17) is 14.2 Å². The third kappa shape index (κ3) is 6.22. The van der Waals surface area contributed by atoms with E-state index in [9.17, 15) is 24.3 Å². The van der Waals surface area contributed by atoms with Crippen molar-refractivity contribution in [3.8, 4) is 11.1 Å². The van der Waals surface area contributed by atoms with Gasteiger partial charge in [0, 0.05) is 18.9 Å². The summed E-state index contributed by atoms with van der Waals surface area (Å²) < 4.78 is 16.1. The van der Waals surface area contributed by atoms with Crippen molar-refractivity contribution in [2.24, 2.45) is 0 Å². The molecule has 1 heterocycles. The molecule has 2 amide bonds. The fourth-order valence-corrected chi connectivity index (χ4v) is 5.16. The lowest BCUT2D eigenvalue weighted by molar-refractivity contribution is -0.149. The predicted molar refractivity (Wildman–Crippen MR) is 147 cm³/mol. The Labute approximate surface area is 236 Å². The molecule has 10 nitrogen and oxygen atoms in total. The number of aliphatic carboxylic acids is 1. The van der Waals surface area contributed by atoms with E-state index in [1.54, 1.807) is 24.3 Å². The number of alkyl carbamates (subject to hydrolysis) is 1. The predicted octanol–water partition coefficient (Wildman–Crippen LogP) is 3.39. The summed E-state index contributed by atoms with van der Waals surface area (Å²) in [5, 5.41) is 14.6. The molecule has 1 aliphatic carbocycles. The van der Waals surface area contributed by atoms with E-state index in [-0.39, 0.29) is 38.8 Å². The maximum absolute atomic E-state index is 13.2. The van der Waals surface area contributed by atoms with E-state index >= 15 is 0 Å². The van der Waals surface area contributed by atoms with E-state index in [0.29, 0.717) is 0 Å². The van der Waals surface area contributed by atoms with E-state index in [1.165, 1.54) is 0 Å². The maximum atomic E-state index is 13.2. The molecule has 3 aromatic carbocycles. The number of nitrogens with one attached hydrogen (secondary N) is 2. The molecule has 212 valence electrons. The molecule has 1 aliphatic heterocycles. The SMILES string of the molecule is O=C(C[C@H](NC(=O)OCC1c2ccccc2-c2ccccc21)C(=O)NC1(C(=O)O)CCOC1)OCc1ccccc1. The van der Waals surface area contributed by atoms with Crippen LogP contribution in [0.15, 0.2) is 78.9 Å². The third-order valence-corrected chi connectivity index (χ3v) is 7.36. The number of carbonyl (C=O) groups is 4. The van der Waals surface area contributed by atoms with Crippen LogP contribution in [0.5, 0.6) is 0 Å². The zero-order chi connectivity index (χ0) is 28.8. The fourth-order valence-electron chi connectivity index (χ4n) is 5.16. The van der Waals surface area contributed by atoms with Gasteiger partial charge >= 0.3 is 18.0 Å². The van der Waals surface area contributed by atoms with Crippen molar-refractivity contribution in [1.29, 1.82) is 0 Å². The maximum Gasteiger partial charge on any atom is 0.407 e. The number of hydrogen-bond donors (Lipinski definition) is 3. The second-order valence-corrected chi connectivity index (χ2v) is 10.1. The average molecular weight is 559 g/mol. The second-order valence-electron chi connectivity index (χ2n) is 10.1. The molecule has 2 atom stereocenters. The molecule has 1 saturated heterocycles. The van der Waals surface area contributed by atoms with Crippen LogP contribution in [-0.4, -0.2) is 60.4 Å². The lowest BCUT2D eigenvalue weighted by atomic mass is 9.98. The summed E-state index contributed by atoms with van der Waals surface area (Å²) in [7, 11) is 0. The van der Waals surface area contributed by atoms with Gasteiger partial charge in [0.05, 0.1) is 13.0 Å². The summed E-state index contributed by atoms with van der Waals surface area (Å²) in [6, 6.07) is 23.3. The van der Waals surface area contributed by atoms with Gasteiger partial charge in [-0.05, 0) is 27.8 Å². The van der Waals surface area contributed by atoms with Gasteiger partial charge in [-0.3, -0.25) is 9.59 Å². The van der Waals surface area contributed by atoms with Gasteiger partial charge in [-0.2, -0.15) is 0 Å². The number of benzene rings is 3. The van der Waals surface area contributed by atoms with Gasteiger partial charge in [0.15, 0.2) is 5.54 Å². The molecule has 1 unspecified atom stereocenters. The van der Waals surface area contributed by atoms with E-state index in [1.807, 2.05) is 54.6 Å². The van der Waals surface area contributed by atoms with E-state index in [2.05, 4.69) is 10.6 Å². The zero-order valence-corrected chi connectivity index (χ0v) is 22.2. The summed E-state index contributed by atoms with van der Waals surface area (Å²) >= 11 is 0. The van der Waals surface area contributed by atoms with Crippen LogP contribution in [0.2, 0.25) is 0 Å². The Bertz CT molecular complexity index is 1390. The summed E-state index contributed by atoms with van der Waals surface area (Å²) in [5.41, 5.74) is 3.25. The van der Waals surface area contributed by atoms with Crippen molar-refractivity contribution in [1.82, 2.24) is 10.6 Å². The minimum atomic E-state index is -1.66. The Hall–Kier alpha value is -4.70. The van der Waals surface area contributed by atoms with Gasteiger partial charge in [0.1, 0.15) is 19.3 Å². The lowest BCUT2D eigenvalue weighted by Gasteiger charge is -2.27. The molecule has 10 heteroatoms. The van der Waals surface area contributed by atoms with Crippen LogP contribution < -0.4 is 10.6 Å². The van der Waals surface area contributed by atoms with Crippen LogP contribution in [0.3, 0.4) is 0 Å². The Balaban J connectivity index is 1.26. The van der Waals surface area contributed by atoms with Crippen molar-refractivity contribution >= 4 is 23.9 Å². The molecule has 0 spiro atoms. The summed E-state index contributed by atoms with van der Waals surface area (Å²) in [6.07, 6.45) is -1.40. The summed E-state index contributed by atoms with van der Waals surface area (Å²) in [6.45, 7) is -0.105. The van der Waals surface area contributed by atoms with E-state index in [0.717, 1.165) is 27.8 Å². The van der Waals surface area contributed by atoms with Gasteiger partial charge in [0.2, 0.25) is 5.91 Å². The van der Waals surface area contributed by atoms with Gasteiger partial charge < -0.3 is 30.0 Å². The number of amides is 2. The largest absolute Gasteiger partial charge is 0.479 e. The molecule has 0 saturated carbocycles. The first-order valence-corrected chi connectivity index (χ1v) is 13.3. The van der Waals surface area contributed by atoms with Crippen LogP contribution in [-0.2, 0) is 35.2 Å². The van der Waals surface area contributed by atoms with Crippen LogP contribution in [0.4, 0.5) is 4.79 Å². The summed E-state index contributed by atoms with van der Waals surface area (Å²) in [4.78, 5) is 50.8. The highest BCUT2D eigenvalue weighted by atomic mass is 16.6. The Morgan fingerprint density at radius 2 is 1.54 bits per heavy atom. The van der Waals surface area contributed by atoms with Crippen LogP contribution in [0, 0.1) is 0 Å². The normalized spacial score (nSPS) is 18.0. The average Bonchev–Trinajstić information content (AvgIpc) is 3.59. The van der Waals surface area contributed by atoms with Crippen LogP contribution >= 0.6 is 0 Å². The number of ether oxygens (including phenoxy) is 3. The van der Waals surface area contributed by atoms with Crippen molar-refractivity contribution in [2.75, 3.05) is 19.8 Å². The zero-order valence-electron chi connectivity index (χ0n) is 22.2. The fraction of sp³-hybridized carbons (Fsp3) is 0.290. The molecule has 5 rings (SSSR count). The Kier molecular flexibility index (Phi) is 8.30. The highest BCUT2D eigenvalue weighted by Crippen LogP contribution is 2.44. The minimum absolute atomic E-state index is 0.000440. The first-order chi connectivity index (χ1) is 19.9. The quantitative estimate of drug-likeness (QED) is 0.322. The van der Waals surface area contributed by atoms with Gasteiger partial charge in [-0.1, -0.05) is 78.9 Å². The van der Waals surface area contributed by atoms with Crippen molar-refractivity contribution < 1.29 is 38.5 Å². The first-order valence-electron chi connectivity index (χ1n) is 13.3. The van der Waals surface area contributed by atoms with E-state index < -0.39 is 41.9 Å². The van der Waals surface area contributed by atoms with Crippen molar-refractivity contribution in [3.05, 3.63) is 95.6 Å². The molecular formula is C31H30N2O8. The molecule has 1 fully saturated rings. The highest BCUT2D eigenvalue weighted by Gasteiger charge is 2.45. The van der Waals surface area contributed by atoms with Gasteiger partial charge in [-0.25, -0.2) is 9.59 Å². The number of hydrogen-bond acceptors (Lipinski definition) is 7. The number of esters is 1. The Morgan fingerprint density at radius 3 is 2.15 bits per heavy atom. The first kappa shape index (κ1) is 27.9. The molecule has 0 bridgehead atoms. The van der Waals surface area contributed by atoms with Gasteiger partial charge in [0.25, 0.3) is 0 Å². The standard InChI is InChI=1S/C31H30N2O8/c34-27(40-17-20-8-2-1-3-9-20)16-26(28(35)33-31(29(36)37)14-15-39-19-31)32-30(38)41-18-25-23-12-6-4-10-21(23)22-11-5-7-13-24(22)25/h1-13,25-26H,14-19H2,(H,32,38)(H,33,35)(H,36,37)/t26-,31?/m0/s1. The molecule has 0 aromatic heterocycles. The van der Waals surface area contributed by atoms with Crippen molar-refractivity contribution in [2.45, 2.75) is 36.9 Å². The minimum Gasteiger partial charge on any atom is -0.479 e. The number of carboxylic acid groups (broad SMARTS) is 1. The van der Waals surface area contributed by atoms with Crippen molar-refractivity contribution in [3.63, 3.8) is 0 Å². The number of carbonyl (C=O) groups excluding carboxylic acids is 3. The monoisotopic (exact) mass is 558 g/mol. The number of carboxylic acids is 1. The molecule has 3 N–H and O–H groups in total. The molecule has 3 aromatic rings. The van der Waals surface area contributed by atoms with Gasteiger partial charge in [-0.15, -0.1) is 0 Å².